The summed E-state index contributed by atoms with van der Waals surface area (Å²) in [7, 11) is 0. The van der Waals surface area contributed by atoms with E-state index in [1.165, 1.54) is 75.3 Å². The maximum absolute atomic E-state index is 6.08. The summed E-state index contributed by atoms with van der Waals surface area (Å²) in [5.74, 6) is 2.32. The molecule has 2 aromatic carbocycles. The van der Waals surface area contributed by atoms with Crippen LogP contribution in [-0.4, -0.2) is 19.8 Å². The number of unbranched alkanes of at least 4 members (excludes halogenated alkanes) is 7. The van der Waals surface area contributed by atoms with Crippen LogP contribution in [0.15, 0.2) is 61.2 Å². The van der Waals surface area contributed by atoms with Crippen molar-refractivity contribution in [3.05, 3.63) is 66.7 Å². The van der Waals surface area contributed by atoms with Crippen molar-refractivity contribution in [3.8, 4) is 16.9 Å². The van der Waals surface area contributed by atoms with Gasteiger partial charge >= 0.3 is 0 Å². The van der Waals surface area contributed by atoms with Crippen molar-refractivity contribution in [1.29, 1.82) is 0 Å². The minimum absolute atomic E-state index is 0.245. The van der Waals surface area contributed by atoms with Crippen LogP contribution in [0.2, 0.25) is 0 Å². The first kappa shape index (κ1) is 29.5. The standard InChI is InChI=1S/C34H50O3/c1-4-6-7-8-9-10-13-16-29-26-36-34(37-27-29)32-19-17-30(18-20-32)31-21-23-33(24-22-31)35-25-14-11-12-15-28(3)5-2/h4,17-24,28-29,34H,1,5-16,25-27H2,2-3H3/t28-,29?,34?/m0/s1. The molecule has 204 valence electrons. The fourth-order valence-corrected chi connectivity index (χ4v) is 4.90. The molecule has 0 saturated carbocycles. The first-order valence-corrected chi connectivity index (χ1v) is 14.9. The lowest BCUT2D eigenvalue weighted by atomic mass is 10.0. The van der Waals surface area contributed by atoms with Crippen LogP contribution in [0.5, 0.6) is 5.75 Å². The molecule has 3 nitrogen and oxygen atoms in total. The summed E-state index contributed by atoms with van der Waals surface area (Å²) < 4.78 is 18.1. The van der Waals surface area contributed by atoms with Gasteiger partial charge in [0, 0.05) is 11.5 Å². The molecule has 0 bridgehead atoms. The Morgan fingerprint density at radius 1 is 0.838 bits per heavy atom. The second kappa shape index (κ2) is 17.4. The van der Waals surface area contributed by atoms with Crippen LogP contribution in [-0.2, 0) is 9.47 Å². The number of hydrogen-bond acceptors (Lipinski definition) is 3. The summed E-state index contributed by atoms with van der Waals surface area (Å²) in [5.41, 5.74) is 3.49. The molecule has 3 rings (SSSR count). The topological polar surface area (TPSA) is 27.7 Å². The van der Waals surface area contributed by atoms with Gasteiger partial charge in [0.2, 0.25) is 0 Å². The molecule has 1 aliphatic rings. The Morgan fingerprint density at radius 2 is 1.46 bits per heavy atom. The molecule has 0 aromatic heterocycles. The van der Waals surface area contributed by atoms with E-state index in [2.05, 4.69) is 69.0 Å². The molecular formula is C34H50O3. The monoisotopic (exact) mass is 506 g/mol. The van der Waals surface area contributed by atoms with Gasteiger partial charge in [0.05, 0.1) is 19.8 Å². The zero-order valence-electron chi connectivity index (χ0n) is 23.5. The zero-order chi connectivity index (χ0) is 26.1. The van der Waals surface area contributed by atoms with Crippen molar-refractivity contribution in [2.75, 3.05) is 19.8 Å². The molecule has 1 saturated heterocycles. The molecule has 0 amide bonds. The van der Waals surface area contributed by atoms with Gasteiger partial charge < -0.3 is 14.2 Å². The van der Waals surface area contributed by atoms with Crippen molar-refractivity contribution in [2.24, 2.45) is 11.8 Å². The van der Waals surface area contributed by atoms with Gasteiger partial charge in [-0.15, -0.1) is 6.58 Å². The minimum atomic E-state index is -0.245. The molecular weight excluding hydrogens is 456 g/mol. The molecule has 1 atom stereocenters. The van der Waals surface area contributed by atoms with Crippen molar-refractivity contribution >= 4 is 0 Å². The van der Waals surface area contributed by atoms with E-state index < -0.39 is 0 Å². The second-order valence-corrected chi connectivity index (χ2v) is 10.9. The van der Waals surface area contributed by atoms with Crippen molar-refractivity contribution < 1.29 is 14.2 Å². The molecule has 0 N–H and O–H groups in total. The average molecular weight is 507 g/mol. The van der Waals surface area contributed by atoms with Gasteiger partial charge in [-0.1, -0.05) is 108 Å². The molecule has 1 aliphatic heterocycles. The lowest BCUT2D eigenvalue weighted by Crippen LogP contribution is -2.27. The normalized spacial score (nSPS) is 18.4. The number of hydrogen-bond donors (Lipinski definition) is 0. The smallest absolute Gasteiger partial charge is 0.183 e. The predicted molar refractivity (Wildman–Crippen MR) is 156 cm³/mol. The number of ether oxygens (including phenoxy) is 3. The predicted octanol–water partition coefficient (Wildman–Crippen LogP) is 9.92. The van der Waals surface area contributed by atoms with E-state index in [1.54, 1.807) is 0 Å². The highest BCUT2D eigenvalue weighted by Gasteiger charge is 2.23. The van der Waals surface area contributed by atoms with E-state index >= 15 is 0 Å². The molecule has 0 unspecified atom stereocenters. The molecule has 0 aliphatic carbocycles. The van der Waals surface area contributed by atoms with Crippen molar-refractivity contribution in [2.45, 2.75) is 97.2 Å². The Bertz CT molecular complexity index is 850. The van der Waals surface area contributed by atoms with E-state index in [9.17, 15) is 0 Å². The van der Waals surface area contributed by atoms with Crippen LogP contribution in [0.1, 0.15) is 103 Å². The zero-order valence-corrected chi connectivity index (χ0v) is 23.5. The van der Waals surface area contributed by atoms with Gasteiger partial charge in [0.25, 0.3) is 0 Å². The average Bonchev–Trinajstić information content (AvgIpc) is 2.95. The van der Waals surface area contributed by atoms with E-state index in [0.29, 0.717) is 5.92 Å². The largest absolute Gasteiger partial charge is 0.494 e. The van der Waals surface area contributed by atoms with Crippen LogP contribution < -0.4 is 4.74 Å². The van der Waals surface area contributed by atoms with Crippen LogP contribution in [0, 0.1) is 11.8 Å². The van der Waals surface area contributed by atoms with Gasteiger partial charge in [-0.2, -0.15) is 0 Å². The van der Waals surface area contributed by atoms with Gasteiger partial charge in [-0.05, 0) is 54.9 Å². The lowest BCUT2D eigenvalue weighted by Gasteiger charge is -2.29. The maximum atomic E-state index is 6.08. The summed E-state index contributed by atoms with van der Waals surface area (Å²) in [4.78, 5) is 0. The summed E-state index contributed by atoms with van der Waals surface area (Å²) in [6.07, 6.45) is 16.9. The highest BCUT2D eigenvalue weighted by molar-refractivity contribution is 5.64. The van der Waals surface area contributed by atoms with E-state index in [0.717, 1.165) is 49.9 Å². The third-order valence-corrected chi connectivity index (χ3v) is 7.66. The van der Waals surface area contributed by atoms with Crippen LogP contribution in [0.3, 0.4) is 0 Å². The molecule has 2 aromatic rings. The Hall–Kier alpha value is -2.10. The third kappa shape index (κ3) is 11.0. The molecule has 0 radical (unpaired) electrons. The quantitative estimate of drug-likeness (QED) is 0.149. The Morgan fingerprint density at radius 3 is 2.14 bits per heavy atom. The van der Waals surface area contributed by atoms with E-state index in [-0.39, 0.29) is 6.29 Å². The fourth-order valence-electron chi connectivity index (χ4n) is 4.90. The summed E-state index contributed by atoms with van der Waals surface area (Å²) >= 11 is 0. The first-order chi connectivity index (χ1) is 18.2. The van der Waals surface area contributed by atoms with Crippen LogP contribution >= 0.6 is 0 Å². The Kier molecular flexibility index (Phi) is 13.9. The number of allylic oxidation sites excluding steroid dienone is 1. The molecule has 1 heterocycles. The summed E-state index contributed by atoms with van der Waals surface area (Å²) in [6, 6.07) is 17.0. The van der Waals surface area contributed by atoms with Crippen molar-refractivity contribution in [1.82, 2.24) is 0 Å². The molecule has 1 fully saturated rings. The molecule has 3 heteroatoms. The van der Waals surface area contributed by atoms with E-state index in [1.807, 2.05) is 6.08 Å². The minimum Gasteiger partial charge on any atom is -0.494 e. The van der Waals surface area contributed by atoms with Gasteiger partial charge in [0.15, 0.2) is 6.29 Å². The number of benzene rings is 2. The van der Waals surface area contributed by atoms with Gasteiger partial charge in [-0.25, -0.2) is 0 Å². The second-order valence-electron chi connectivity index (χ2n) is 10.9. The molecule has 37 heavy (non-hydrogen) atoms. The number of rotatable bonds is 18. The van der Waals surface area contributed by atoms with Crippen LogP contribution in [0.4, 0.5) is 0 Å². The maximum Gasteiger partial charge on any atom is 0.183 e. The summed E-state index contributed by atoms with van der Waals surface area (Å²) in [5, 5.41) is 0. The van der Waals surface area contributed by atoms with Gasteiger partial charge in [0.1, 0.15) is 5.75 Å². The fraction of sp³-hybridized carbons (Fsp3) is 0.588. The highest BCUT2D eigenvalue weighted by atomic mass is 16.7. The highest BCUT2D eigenvalue weighted by Crippen LogP contribution is 2.30. The summed E-state index contributed by atoms with van der Waals surface area (Å²) in [6.45, 7) is 10.8. The van der Waals surface area contributed by atoms with E-state index in [4.69, 9.17) is 14.2 Å². The third-order valence-electron chi connectivity index (χ3n) is 7.66. The van der Waals surface area contributed by atoms with Crippen LogP contribution in [0.25, 0.3) is 11.1 Å². The van der Waals surface area contributed by atoms with Gasteiger partial charge in [-0.3, -0.25) is 0 Å². The first-order valence-electron chi connectivity index (χ1n) is 14.9. The van der Waals surface area contributed by atoms with Crippen molar-refractivity contribution in [3.63, 3.8) is 0 Å². The SMILES string of the molecule is C=CCCCCCCCC1COC(c2ccc(-c3ccc(OCCCCC[C@@H](C)CC)cc3)cc2)OC1. The lowest BCUT2D eigenvalue weighted by molar-refractivity contribution is -0.206. The Balaban J connectivity index is 1.33. The molecule has 0 spiro atoms. The Labute approximate surface area is 226 Å².